The topological polar surface area (TPSA) is 123 Å². The van der Waals surface area contributed by atoms with Crippen LogP contribution in [0, 0.1) is 32.0 Å². The average Bonchev–Trinajstić information content (AvgIpc) is 3.39. The summed E-state index contributed by atoms with van der Waals surface area (Å²) in [6, 6.07) is 54.1. The Bertz CT molecular complexity index is 2870. The average molecular weight is 1450 g/mol. The van der Waals surface area contributed by atoms with Crippen LogP contribution in [-0.2, 0) is 60.3 Å². The maximum atomic E-state index is 5.27. The molecule has 0 aliphatic rings. The molecule has 0 aliphatic carbocycles. The van der Waals surface area contributed by atoms with Crippen molar-refractivity contribution in [2.45, 2.75) is 13.8 Å². The van der Waals surface area contributed by atoms with Gasteiger partial charge in [-0.15, -0.1) is 89.5 Å². The molecule has 0 N–H and O–H groups in total. The third kappa shape index (κ3) is 14.8. The number of ether oxygens (including phenoxy) is 5. The number of rotatable bonds is 11. The first kappa shape index (κ1) is 55.1. The molecule has 3 aromatic heterocycles. The molecule has 3 heterocycles. The van der Waals surface area contributed by atoms with Gasteiger partial charge in [0.2, 0.25) is 0 Å². The molecule has 0 saturated heterocycles. The van der Waals surface area contributed by atoms with Gasteiger partial charge < -0.3 is 23.7 Å². The van der Waals surface area contributed by atoms with Gasteiger partial charge in [-0.2, -0.15) is 0 Å². The van der Waals surface area contributed by atoms with Gasteiger partial charge in [0.15, 0.2) is 0 Å². The van der Waals surface area contributed by atoms with Crippen LogP contribution in [0.5, 0.6) is 28.7 Å². The van der Waals surface area contributed by atoms with Crippen molar-refractivity contribution in [2.24, 2.45) is 0 Å². The predicted molar refractivity (Wildman–Crippen MR) is 257 cm³/mol. The number of aryl methyl sites for hydroxylation is 2. The van der Waals surface area contributed by atoms with E-state index in [4.69, 9.17) is 23.7 Å². The van der Waals surface area contributed by atoms with Crippen LogP contribution in [0.3, 0.4) is 0 Å². The molecule has 0 saturated carbocycles. The molecule has 0 spiro atoms. The third-order valence-corrected chi connectivity index (χ3v) is 10.4. The molecule has 3 radical (unpaired) electrons. The van der Waals surface area contributed by atoms with Gasteiger partial charge in [0.05, 0.1) is 52.6 Å². The second kappa shape index (κ2) is 27.5. The second-order valence-electron chi connectivity index (χ2n) is 14.5. The van der Waals surface area contributed by atoms with Gasteiger partial charge in [-0.3, -0.25) is 15.0 Å². The smallest absolute Gasteiger partial charge is 0.119 e. The van der Waals surface area contributed by atoms with Gasteiger partial charge in [-0.1, -0.05) is 48.5 Å². The van der Waals surface area contributed by atoms with Crippen molar-refractivity contribution in [1.82, 2.24) is 29.9 Å². The van der Waals surface area contributed by atoms with Crippen LogP contribution in [0.1, 0.15) is 11.1 Å². The summed E-state index contributed by atoms with van der Waals surface area (Å²) in [4.78, 5) is 26.1. The van der Waals surface area contributed by atoms with E-state index < -0.39 is 0 Å². The van der Waals surface area contributed by atoms with E-state index in [9.17, 15) is 0 Å². The molecule has 69 heavy (non-hydrogen) atoms. The van der Waals surface area contributed by atoms with Crippen molar-refractivity contribution in [2.75, 3.05) is 35.5 Å². The Hall–Kier alpha value is -6.49. The molecule has 0 aliphatic heterocycles. The van der Waals surface area contributed by atoms with Crippen LogP contribution < -0.4 is 23.7 Å². The summed E-state index contributed by atoms with van der Waals surface area (Å²) >= 11 is 0. The van der Waals surface area contributed by atoms with Crippen molar-refractivity contribution in [3.05, 3.63) is 188 Å². The Balaban J connectivity index is 0.000000221. The number of hydrogen-bond acceptors (Lipinski definition) is 11. The number of hydrogen-bond donors (Lipinski definition) is 0. The van der Waals surface area contributed by atoms with Crippen LogP contribution in [0.2, 0.25) is 0 Å². The van der Waals surface area contributed by atoms with Gasteiger partial charge in [0, 0.05) is 88.7 Å². The standard InChI is InChI=1S/C19H17N2O.2C18H15N2O2.3Ir/c1-13-6-4-7-14(2)19(13)18-11-17(20-12-21-18)15-8-5-9-16(10-15)22-3;1-21-15-7-3-13(4-8-15)17-11-18(20-12-19-17)14-5-9-16(22-2)10-6-14;1-21-15-7-3-5-13(9-15)17-11-18(20-12-19-17)14-6-4-8-16(10-14)22-2;;;/h4-7,9-12H,1-3H3;2*3-5,7-12H,1-2H3;;;/q3*-1;;;. The van der Waals surface area contributed by atoms with Gasteiger partial charge >= 0.3 is 0 Å². The summed E-state index contributed by atoms with van der Waals surface area (Å²) in [5, 5.41) is 0. The molecule has 0 fully saturated rings. The zero-order chi connectivity index (χ0) is 46.3. The number of benzene rings is 6. The van der Waals surface area contributed by atoms with Crippen molar-refractivity contribution >= 4 is 0 Å². The van der Waals surface area contributed by atoms with Gasteiger partial charge in [-0.25, -0.2) is 15.0 Å². The molecule has 357 valence electrons. The quantitative estimate of drug-likeness (QED) is 0.115. The minimum Gasteiger partial charge on any atom is -0.540 e. The maximum Gasteiger partial charge on any atom is 0.119 e. The molecule has 0 atom stereocenters. The molecule has 9 aromatic rings. The first-order valence-corrected chi connectivity index (χ1v) is 20.8. The normalized spacial score (nSPS) is 9.90. The fourth-order valence-corrected chi connectivity index (χ4v) is 6.87. The zero-order valence-electron chi connectivity index (χ0n) is 38.7. The van der Waals surface area contributed by atoms with Crippen molar-refractivity contribution in [1.29, 1.82) is 0 Å². The summed E-state index contributed by atoms with van der Waals surface area (Å²) < 4.78 is 26.1. The van der Waals surface area contributed by atoms with E-state index in [1.807, 2.05) is 115 Å². The molecule has 0 bridgehead atoms. The van der Waals surface area contributed by atoms with E-state index in [1.165, 1.54) is 11.1 Å². The van der Waals surface area contributed by atoms with Crippen LogP contribution in [0.4, 0.5) is 0 Å². The largest absolute Gasteiger partial charge is 0.540 e. The molecule has 6 aromatic carbocycles. The van der Waals surface area contributed by atoms with Crippen LogP contribution in [0.25, 0.3) is 67.5 Å². The SMILES string of the molecule is COc1c[c-]c(-c2cc(-c3ccc(OC)cc3)ncn2)cc1.COc1cc[c-]c(-c2cc(-c3c(C)cccc3C)ncn2)c1.COc1cc[c-]c(-c2cc(-c3cccc(OC)c3)ncn2)c1.[Ir].[Ir].[Ir]. The molecule has 0 amide bonds. The minimum atomic E-state index is 0. The van der Waals surface area contributed by atoms with Gasteiger partial charge in [0.1, 0.15) is 30.5 Å². The summed E-state index contributed by atoms with van der Waals surface area (Å²) in [7, 11) is 8.23. The summed E-state index contributed by atoms with van der Waals surface area (Å²) in [5.74, 6) is 3.96. The molecule has 11 nitrogen and oxygen atoms in total. The molecule has 14 heteroatoms. The van der Waals surface area contributed by atoms with Crippen LogP contribution >= 0.6 is 0 Å². The van der Waals surface area contributed by atoms with E-state index in [2.05, 4.69) is 80.1 Å². The number of aromatic nitrogens is 6. The number of nitrogens with zero attached hydrogens (tertiary/aromatic N) is 6. The maximum absolute atomic E-state index is 5.27. The van der Waals surface area contributed by atoms with Crippen LogP contribution in [-0.4, -0.2) is 65.5 Å². The van der Waals surface area contributed by atoms with E-state index >= 15 is 0 Å². The van der Waals surface area contributed by atoms with E-state index in [1.54, 1.807) is 60.6 Å². The molecular formula is C55H47Ir3N6O5-3. The zero-order valence-corrected chi connectivity index (χ0v) is 45.9. The molecule has 0 unspecified atom stereocenters. The van der Waals surface area contributed by atoms with E-state index in [-0.39, 0.29) is 60.3 Å². The predicted octanol–water partition coefficient (Wildman–Crippen LogP) is 11.5. The van der Waals surface area contributed by atoms with Crippen LogP contribution in [0.15, 0.2) is 159 Å². The monoisotopic (exact) mass is 1450 g/mol. The summed E-state index contributed by atoms with van der Waals surface area (Å²) in [6.07, 6.45) is 4.72. The number of methoxy groups -OCH3 is 5. The summed E-state index contributed by atoms with van der Waals surface area (Å²) in [5.41, 5.74) is 13.3. The fraction of sp³-hybridized carbons (Fsp3) is 0.127. The van der Waals surface area contributed by atoms with Crippen molar-refractivity contribution in [3.8, 4) is 96.3 Å². The van der Waals surface area contributed by atoms with Crippen molar-refractivity contribution in [3.63, 3.8) is 0 Å². The Morgan fingerprint density at radius 3 is 1.29 bits per heavy atom. The first-order chi connectivity index (χ1) is 32.3. The molecule has 9 rings (SSSR count). The van der Waals surface area contributed by atoms with Gasteiger partial charge in [-0.05, 0) is 84.0 Å². The molecular weight excluding hydrogens is 1400 g/mol. The third-order valence-electron chi connectivity index (χ3n) is 10.4. The van der Waals surface area contributed by atoms with Gasteiger partial charge in [0.25, 0.3) is 0 Å². The second-order valence-corrected chi connectivity index (χ2v) is 14.5. The Morgan fingerprint density at radius 2 is 0.783 bits per heavy atom. The Kier molecular flexibility index (Phi) is 22.0. The first-order valence-electron chi connectivity index (χ1n) is 20.8. The fourth-order valence-electron chi connectivity index (χ4n) is 6.87. The Labute approximate surface area is 444 Å². The summed E-state index contributed by atoms with van der Waals surface area (Å²) in [6.45, 7) is 4.20. The Morgan fingerprint density at radius 1 is 0.348 bits per heavy atom. The van der Waals surface area contributed by atoms with E-state index in [0.717, 1.165) is 96.3 Å². The van der Waals surface area contributed by atoms with Crippen molar-refractivity contribution < 1.29 is 84.0 Å². The van der Waals surface area contributed by atoms with E-state index in [0.29, 0.717) is 0 Å². The minimum absolute atomic E-state index is 0.